The second kappa shape index (κ2) is 10.3. The first kappa shape index (κ1) is 30.8. The first-order valence-corrected chi connectivity index (χ1v) is 13.9. The number of imide groups is 1. The lowest BCUT2D eigenvalue weighted by Gasteiger charge is -2.57. The number of ether oxygens (including phenoxy) is 3. The van der Waals surface area contributed by atoms with E-state index < -0.39 is 51.9 Å². The van der Waals surface area contributed by atoms with Crippen molar-refractivity contribution in [1.82, 2.24) is 15.5 Å². The number of aryl methyl sites for hydroxylation is 2. The molecule has 4 amide bonds. The topological polar surface area (TPSA) is 140 Å². The van der Waals surface area contributed by atoms with Crippen LogP contribution in [0.2, 0.25) is 0 Å². The molecular weight excluding hydrogens is 542 g/mol. The molecule has 1 aromatic carbocycles. The SMILES string of the molecule is CCC1(Oc2ccc(C)cc2C)C(=O)NC12C=CC(OC)=C(NC(=O)C(C(=O)C(C)(C)C)N1C(=O)OC(C)(C)C1=O)C2. The van der Waals surface area contributed by atoms with Crippen LogP contribution in [0.5, 0.6) is 5.75 Å². The van der Waals surface area contributed by atoms with E-state index in [1.54, 1.807) is 32.9 Å². The lowest BCUT2D eigenvalue weighted by Crippen LogP contribution is -2.83. The van der Waals surface area contributed by atoms with Gasteiger partial charge < -0.3 is 24.8 Å². The summed E-state index contributed by atoms with van der Waals surface area (Å²) in [5.74, 6) is -1.83. The number of methoxy groups -OCH3 is 1. The van der Waals surface area contributed by atoms with Crippen LogP contribution < -0.4 is 15.4 Å². The van der Waals surface area contributed by atoms with Crippen molar-refractivity contribution >= 4 is 29.6 Å². The van der Waals surface area contributed by atoms with Gasteiger partial charge in [0.05, 0.1) is 12.8 Å². The highest BCUT2D eigenvalue weighted by Crippen LogP contribution is 2.47. The first-order valence-electron chi connectivity index (χ1n) is 13.9. The number of amides is 4. The number of rotatable bonds is 8. The number of β-lactam (4-membered cyclic amide) rings is 1. The Bertz CT molecular complexity index is 1440. The van der Waals surface area contributed by atoms with Crippen molar-refractivity contribution in [2.24, 2.45) is 5.41 Å². The highest BCUT2D eigenvalue weighted by Gasteiger charge is 2.67. The Hall–Kier alpha value is -4.15. The van der Waals surface area contributed by atoms with Gasteiger partial charge in [-0.05, 0) is 51.8 Å². The van der Waals surface area contributed by atoms with Crippen LogP contribution in [0.1, 0.15) is 65.5 Å². The lowest BCUT2D eigenvalue weighted by molar-refractivity contribution is -0.165. The van der Waals surface area contributed by atoms with E-state index in [-0.39, 0.29) is 23.8 Å². The second-order valence-electron chi connectivity index (χ2n) is 12.6. The number of hydrogen-bond acceptors (Lipinski definition) is 8. The standard InChI is InChI=1S/C31H39N3O8/c1-10-31(41-20-12-11-17(2)15-18(20)3)25(37)33-30(31)14-13-21(40-9)19(16-30)32-24(36)22(23(35)28(4,5)6)34-26(38)29(7,8)42-27(34)39/h11-15,22H,10,16H2,1-9H3,(H,32,36)(H,33,37). The fourth-order valence-corrected chi connectivity index (χ4v) is 5.62. The number of benzene rings is 1. The molecule has 2 heterocycles. The average Bonchev–Trinajstić information content (AvgIpc) is 3.09. The van der Waals surface area contributed by atoms with Crippen LogP contribution in [0.25, 0.3) is 0 Å². The van der Waals surface area contributed by atoms with Crippen molar-refractivity contribution in [2.45, 2.75) is 91.0 Å². The number of carbonyl (C=O) groups is 5. The molecule has 4 rings (SSSR count). The number of cyclic esters (lactones) is 1. The molecule has 3 aliphatic rings. The van der Waals surface area contributed by atoms with E-state index in [9.17, 15) is 24.0 Å². The molecule has 1 aliphatic carbocycles. The monoisotopic (exact) mass is 581 g/mol. The molecule has 2 N–H and O–H groups in total. The molecule has 1 spiro atoms. The van der Waals surface area contributed by atoms with Crippen molar-refractivity contribution in [3.8, 4) is 5.75 Å². The fraction of sp³-hybridized carbons (Fsp3) is 0.516. The van der Waals surface area contributed by atoms with Crippen molar-refractivity contribution in [3.63, 3.8) is 0 Å². The summed E-state index contributed by atoms with van der Waals surface area (Å²) in [5, 5.41) is 5.69. The average molecular weight is 582 g/mol. The maximum atomic E-state index is 13.9. The zero-order valence-electron chi connectivity index (χ0n) is 25.6. The van der Waals surface area contributed by atoms with Crippen molar-refractivity contribution < 1.29 is 38.2 Å². The molecule has 11 heteroatoms. The minimum absolute atomic E-state index is 0.0449. The molecule has 3 unspecified atom stereocenters. The van der Waals surface area contributed by atoms with Gasteiger partial charge in [-0.2, -0.15) is 0 Å². The van der Waals surface area contributed by atoms with E-state index in [4.69, 9.17) is 14.2 Å². The smallest absolute Gasteiger partial charge is 0.418 e. The first-order chi connectivity index (χ1) is 19.4. The summed E-state index contributed by atoms with van der Waals surface area (Å²) >= 11 is 0. The Kier molecular flexibility index (Phi) is 7.54. The zero-order valence-corrected chi connectivity index (χ0v) is 25.6. The van der Waals surface area contributed by atoms with E-state index in [0.29, 0.717) is 17.1 Å². The third-order valence-corrected chi connectivity index (χ3v) is 8.07. The van der Waals surface area contributed by atoms with Gasteiger partial charge in [0.15, 0.2) is 17.4 Å². The number of hydrogen-bond donors (Lipinski definition) is 2. The van der Waals surface area contributed by atoms with E-state index >= 15 is 0 Å². The van der Waals surface area contributed by atoms with Crippen LogP contribution in [-0.4, -0.2) is 64.4 Å². The van der Waals surface area contributed by atoms with Crippen molar-refractivity contribution in [1.29, 1.82) is 0 Å². The van der Waals surface area contributed by atoms with Crippen LogP contribution >= 0.6 is 0 Å². The van der Waals surface area contributed by atoms with Crippen molar-refractivity contribution in [2.75, 3.05) is 7.11 Å². The summed E-state index contributed by atoms with van der Waals surface area (Å²) in [5.41, 5.74) is -2.82. The van der Waals surface area contributed by atoms with Crippen LogP contribution in [0.15, 0.2) is 41.8 Å². The van der Waals surface area contributed by atoms with Crippen LogP contribution in [-0.2, 0) is 28.7 Å². The minimum atomic E-state index is -1.79. The van der Waals surface area contributed by atoms with E-state index in [2.05, 4.69) is 10.6 Å². The Balaban J connectivity index is 1.69. The number of nitrogens with one attached hydrogen (secondary N) is 2. The normalized spacial score (nSPS) is 25.5. The highest BCUT2D eigenvalue weighted by molar-refractivity contribution is 6.16. The number of ketones is 1. The largest absolute Gasteiger partial charge is 0.495 e. The Morgan fingerprint density at radius 1 is 1.17 bits per heavy atom. The Morgan fingerprint density at radius 3 is 2.33 bits per heavy atom. The van der Waals surface area contributed by atoms with Gasteiger partial charge in [0.2, 0.25) is 5.60 Å². The number of Topliss-reactive ketones (excluding diaryl/α,β-unsaturated/α-hetero) is 1. The third kappa shape index (κ3) is 4.84. The molecule has 0 bridgehead atoms. The third-order valence-electron chi connectivity index (χ3n) is 8.07. The molecule has 11 nitrogen and oxygen atoms in total. The maximum absolute atomic E-state index is 13.9. The number of nitrogens with zero attached hydrogens (tertiary/aromatic N) is 1. The maximum Gasteiger partial charge on any atom is 0.418 e. The highest BCUT2D eigenvalue weighted by atomic mass is 16.6. The molecule has 2 saturated heterocycles. The molecule has 226 valence electrons. The van der Waals surface area contributed by atoms with Gasteiger partial charge in [0, 0.05) is 11.8 Å². The summed E-state index contributed by atoms with van der Waals surface area (Å²) in [4.78, 5) is 67.0. The van der Waals surface area contributed by atoms with E-state index in [0.717, 1.165) is 11.1 Å². The Labute approximate surface area is 245 Å². The second-order valence-corrected chi connectivity index (χ2v) is 12.6. The Morgan fingerprint density at radius 2 is 1.83 bits per heavy atom. The van der Waals surface area contributed by atoms with Gasteiger partial charge in [-0.15, -0.1) is 0 Å². The molecule has 0 saturated carbocycles. The number of carbonyl (C=O) groups excluding carboxylic acids is 5. The molecular formula is C31H39N3O8. The van der Waals surface area contributed by atoms with Crippen LogP contribution in [0.3, 0.4) is 0 Å². The molecule has 42 heavy (non-hydrogen) atoms. The van der Waals surface area contributed by atoms with Gasteiger partial charge in [-0.1, -0.05) is 51.5 Å². The molecule has 0 aromatic heterocycles. The molecule has 2 fully saturated rings. The number of allylic oxidation sites excluding steroid dienone is 1. The predicted molar refractivity (Wildman–Crippen MR) is 152 cm³/mol. The summed E-state index contributed by atoms with van der Waals surface area (Å²) in [6, 6.07) is 3.89. The quantitative estimate of drug-likeness (QED) is 0.352. The van der Waals surface area contributed by atoms with Crippen molar-refractivity contribution in [3.05, 3.63) is 52.9 Å². The molecule has 0 radical (unpaired) electrons. The lowest BCUT2D eigenvalue weighted by atomic mass is 9.65. The summed E-state index contributed by atoms with van der Waals surface area (Å²) < 4.78 is 17.2. The molecule has 1 aromatic rings. The summed E-state index contributed by atoms with van der Waals surface area (Å²) in [6.07, 6.45) is 2.67. The predicted octanol–water partition coefficient (Wildman–Crippen LogP) is 3.37. The fourth-order valence-electron chi connectivity index (χ4n) is 5.62. The van der Waals surface area contributed by atoms with Gasteiger partial charge >= 0.3 is 6.09 Å². The summed E-state index contributed by atoms with van der Waals surface area (Å²) in [7, 11) is 1.42. The van der Waals surface area contributed by atoms with Gasteiger partial charge in [0.25, 0.3) is 17.7 Å². The molecule has 3 atom stereocenters. The van der Waals surface area contributed by atoms with E-state index in [1.165, 1.54) is 21.0 Å². The van der Waals surface area contributed by atoms with Gasteiger partial charge in [-0.25, -0.2) is 9.69 Å². The zero-order chi connectivity index (χ0) is 31.4. The minimum Gasteiger partial charge on any atom is -0.495 e. The van der Waals surface area contributed by atoms with E-state index in [1.807, 2.05) is 39.0 Å². The van der Waals surface area contributed by atoms with Crippen LogP contribution in [0.4, 0.5) is 4.79 Å². The van der Waals surface area contributed by atoms with Gasteiger partial charge in [0.1, 0.15) is 17.0 Å². The summed E-state index contributed by atoms with van der Waals surface area (Å²) in [6.45, 7) is 13.3. The molecule has 2 aliphatic heterocycles. The van der Waals surface area contributed by atoms with Gasteiger partial charge in [-0.3, -0.25) is 19.2 Å². The van der Waals surface area contributed by atoms with Crippen LogP contribution in [0, 0.1) is 19.3 Å².